The Morgan fingerprint density at radius 3 is 0.646 bits per heavy atom. The number of halogens is 24. The number of benzene rings is 14. The van der Waals surface area contributed by atoms with E-state index >= 15 is 0 Å². The summed E-state index contributed by atoms with van der Waals surface area (Å²) in [4.78, 5) is 0. The Morgan fingerprint density at radius 2 is 0.398 bits per heavy atom. The molecule has 0 saturated heterocycles. The molecule has 0 aromatic heterocycles. The monoisotopic (exact) mass is 1570 g/mol. The van der Waals surface area contributed by atoms with Gasteiger partial charge in [-0.25, -0.2) is 0 Å². The van der Waals surface area contributed by atoms with Gasteiger partial charge in [-0.2, -0.15) is 105 Å². The van der Waals surface area contributed by atoms with Crippen molar-refractivity contribution in [1.82, 2.24) is 0 Å². The van der Waals surface area contributed by atoms with Gasteiger partial charge in [0.25, 0.3) is 0 Å². The van der Waals surface area contributed by atoms with Gasteiger partial charge in [0.05, 0.1) is 44.5 Å². The first-order chi connectivity index (χ1) is 52.9. The molecule has 14 aromatic rings. The van der Waals surface area contributed by atoms with E-state index in [1.54, 1.807) is 97.1 Å². The zero-order valence-electron chi connectivity index (χ0n) is 57.4. The molecule has 0 unspecified atom stereocenters. The Morgan fingerprint density at radius 1 is 0.186 bits per heavy atom. The van der Waals surface area contributed by atoms with Crippen molar-refractivity contribution in [3.8, 4) is 89.0 Å². The van der Waals surface area contributed by atoms with Crippen LogP contribution in [0.25, 0.3) is 132 Å². The van der Waals surface area contributed by atoms with E-state index in [-0.39, 0.29) is 77.2 Å². The molecule has 0 atom stereocenters. The van der Waals surface area contributed by atoms with Gasteiger partial charge in [-0.1, -0.05) is 121 Å². The van der Waals surface area contributed by atoms with E-state index in [0.29, 0.717) is 136 Å². The maximum absolute atomic E-state index is 15.0. The second-order valence-electron chi connectivity index (χ2n) is 28.4. The average Bonchev–Trinajstić information content (AvgIpc) is 1.57. The number of fused-ring (bicyclic) bond motifs is 14. The summed E-state index contributed by atoms with van der Waals surface area (Å²) in [7, 11) is 0. The molecule has 1 nitrogen and oxygen atoms in total. The molecular weight excluding hydrogens is 1530 g/mol. The van der Waals surface area contributed by atoms with Crippen LogP contribution in [0.3, 0.4) is 0 Å². The average molecular weight is 1580 g/mol. The van der Waals surface area contributed by atoms with E-state index in [9.17, 15) is 105 Å². The molecule has 572 valence electrons. The summed E-state index contributed by atoms with van der Waals surface area (Å²) in [6.07, 6.45) is -43.9. The highest BCUT2D eigenvalue weighted by molar-refractivity contribution is 6.12. The minimum absolute atomic E-state index is 0.0407. The van der Waals surface area contributed by atoms with E-state index < -0.39 is 138 Å². The van der Waals surface area contributed by atoms with Gasteiger partial charge in [0.15, 0.2) is 0 Å². The SMILES string of the molecule is FC(F)(F)c1cc(-c2cc(-c3cc(C(F)(F)F)cc(C(F)(F)F)c3)cc(-c3cc4ccccc4c4c3C[N+]3(Cc5ccc6ccccc6c5-4)Cc4ccc5ccccc5c4-c4c(c(-c5cc(-c6cc(C(F)(F)F)cc(C(F)(F)F)c6)cc(-c6cc(C(F)(F)F)cc(C(F)(F)F)c6)c5)cc5ccccc45)C3)c2)cc(C(F)(F)F)c1. The second kappa shape index (κ2) is 26.2. The van der Waals surface area contributed by atoms with Crippen molar-refractivity contribution < 1.29 is 110 Å². The molecule has 2 heterocycles. The van der Waals surface area contributed by atoms with Crippen LogP contribution >= 0.6 is 0 Å². The molecule has 0 amide bonds. The Bertz CT molecular complexity index is 5560. The predicted octanol–water partition coefficient (Wildman–Crippen LogP) is 29.3. The van der Waals surface area contributed by atoms with Gasteiger partial charge >= 0.3 is 49.4 Å². The molecule has 1 spiro atoms. The zero-order valence-corrected chi connectivity index (χ0v) is 57.4. The smallest absolute Gasteiger partial charge is 0.309 e. The summed E-state index contributed by atoms with van der Waals surface area (Å²) in [6, 6.07) is 46.9. The molecule has 2 aliphatic rings. The van der Waals surface area contributed by atoms with Gasteiger partial charge in [0, 0.05) is 33.4 Å². The highest BCUT2D eigenvalue weighted by atomic mass is 19.4. The van der Waals surface area contributed by atoms with Gasteiger partial charge in [0.2, 0.25) is 0 Å². The van der Waals surface area contributed by atoms with Crippen LogP contribution in [0, 0.1) is 0 Å². The van der Waals surface area contributed by atoms with Gasteiger partial charge in [-0.3, -0.25) is 0 Å². The van der Waals surface area contributed by atoms with Crippen LogP contribution in [0.2, 0.25) is 0 Å². The van der Waals surface area contributed by atoms with E-state index in [4.69, 9.17) is 0 Å². The lowest BCUT2D eigenvalue weighted by atomic mass is 9.83. The molecule has 0 bridgehead atoms. The zero-order chi connectivity index (χ0) is 80.4. The summed E-state index contributed by atoms with van der Waals surface area (Å²) in [5, 5.41) is 4.34. The molecule has 25 heteroatoms. The Kier molecular flexibility index (Phi) is 17.5. The quantitative estimate of drug-likeness (QED) is 0.115. The highest BCUT2D eigenvalue weighted by Gasteiger charge is 2.46. The normalized spacial score (nSPS) is 14.3. The number of rotatable bonds is 6. The van der Waals surface area contributed by atoms with Gasteiger partial charge < -0.3 is 4.48 Å². The molecule has 0 saturated carbocycles. The third-order valence-corrected chi connectivity index (χ3v) is 21.0. The molecule has 14 aromatic carbocycles. The summed E-state index contributed by atoms with van der Waals surface area (Å²) in [6.45, 7) is -0.582. The lowest BCUT2D eigenvalue weighted by Gasteiger charge is -2.39. The van der Waals surface area contributed by atoms with E-state index in [1.807, 2.05) is 36.4 Å². The largest absolute Gasteiger partial charge is 0.416 e. The maximum atomic E-state index is 15.0. The number of nitrogens with zero attached hydrogens (tertiary/aromatic N) is 1. The number of alkyl halides is 24. The summed E-state index contributed by atoms with van der Waals surface area (Å²) < 4.78 is 359. The van der Waals surface area contributed by atoms with Crippen LogP contribution in [0.15, 0.2) is 243 Å². The van der Waals surface area contributed by atoms with Crippen LogP contribution in [0.5, 0.6) is 0 Å². The van der Waals surface area contributed by atoms with E-state index in [1.165, 1.54) is 24.3 Å². The first-order valence-corrected chi connectivity index (χ1v) is 34.4. The minimum atomic E-state index is -5.48. The molecule has 113 heavy (non-hydrogen) atoms. The lowest BCUT2D eigenvalue weighted by molar-refractivity contribution is -0.977. The molecule has 0 fully saturated rings. The Hall–Kier alpha value is -11.6. The molecule has 0 radical (unpaired) electrons. The lowest BCUT2D eigenvalue weighted by Crippen LogP contribution is -2.44. The van der Waals surface area contributed by atoms with Crippen LogP contribution in [0.4, 0.5) is 105 Å². The van der Waals surface area contributed by atoms with Crippen molar-refractivity contribution in [2.24, 2.45) is 0 Å². The molecule has 16 rings (SSSR count). The summed E-state index contributed by atoms with van der Waals surface area (Å²) in [5.41, 5.74) is -16.5. The third kappa shape index (κ3) is 14.1. The van der Waals surface area contributed by atoms with Gasteiger partial charge in [-0.05, 0) is 242 Å². The summed E-state index contributed by atoms with van der Waals surface area (Å²) in [5.74, 6) is 0. The topological polar surface area (TPSA) is 0 Å². The van der Waals surface area contributed by atoms with Crippen molar-refractivity contribution in [2.45, 2.75) is 75.6 Å². The van der Waals surface area contributed by atoms with Crippen molar-refractivity contribution in [1.29, 1.82) is 0 Å². The first kappa shape index (κ1) is 75.4. The predicted molar refractivity (Wildman–Crippen MR) is 381 cm³/mol. The van der Waals surface area contributed by atoms with Gasteiger partial charge in [-0.15, -0.1) is 0 Å². The second-order valence-corrected chi connectivity index (χ2v) is 28.4. The third-order valence-electron chi connectivity index (χ3n) is 21.0. The summed E-state index contributed by atoms with van der Waals surface area (Å²) >= 11 is 0. The fraction of sp³-hybridized carbons (Fsp3) is 0.136. The Balaban J connectivity index is 1.04. The standard InChI is InChI=1S/C88H48F24N/c89-81(90,91)61-27-55(28-62(37-61)82(92,93)94)51-21-52(56-29-63(83(95,96)97)38-64(30-56)84(98,99)100)24-59(23-51)73-35-47-11-3-7-15-71(47)79-75(73)43-113(41-49-19-17-45-9-1-5-13-69(45)77(49)79)42-50-20-18-46-10-2-6-14-70(46)78(50)80-72-16-8-4-12-48(72)36-74(76(80)44-113)60-25-53(57-31-65(85(101,102)103)39-66(32-57)86(104,105)106)22-54(26-60)58-33-67(87(107,108)109)40-68(34-58)88(110,111)112/h1-40H,41-44H2/q+1. The van der Waals surface area contributed by atoms with Crippen molar-refractivity contribution >= 4 is 43.1 Å². The molecule has 0 N–H and O–H groups in total. The van der Waals surface area contributed by atoms with E-state index in [2.05, 4.69) is 0 Å². The van der Waals surface area contributed by atoms with Crippen LogP contribution in [-0.2, 0) is 75.6 Å². The minimum Gasteiger partial charge on any atom is -0.309 e. The highest BCUT2D eigenvalue weighted by Crippen LogP contribution is 2.56. The van der Waals surface area contributed by atoms with Crippen LogP contribution < -0.4 is 0 Å². The van der Waals surface area contributed by atoms with Crippen LogP contribution in [0.1, 0.15) is 66.8 Å². The van der Waals surface area contributed by atoms with Crippen molar-refractivity contribution in [3.63, 3.8) is 0 Å². The van der Waals surface area contributed by atoms with Crippen molar-refractivity contribution in [2.75, 3.05) is 0 Å². The number of hydrogen-bond donors (Lipinski definition) is 0. The number of quaternary nitrogens is 1. The van der Waals surface area contributed by atoms with E-state index in [0.717, 1.165) is 12.1 Å². The number of hydrogen-bond acceptors (Lipinski definition) is 0. The maximum Gasteiger partial charge on any atom is 0.416 e. The van der Waals surface area contributed by atoms with Crippen molar-refractivity contribution in [3.05, 3.63) is 309 Å². The molecule has 2 aliphatic heterocycles. The fourth-order valence-electron chi connectivity index (χ4n) is 16.1. The first-order valence-electron chi connectivity index (χ1n) is 34.4. The Labute approximate surface area is 624 Å². The molecule has 0 aliphatic carbocycles. The van der Waals surface area contributed by atoms with Crippen LogP contribution in [-0.4, -0.2) is 4.48 Å². The fourth-order valence-corrected chi connectivity index (χ4v) is 16.1. The van der Waals surface area contributed by atoms with Gasteiger partial charge in [0.1, 0.15) is 26.2 Å². The molecular formula is C88H48F24N+.